The second-order valence-corrected chi connectivity index (χ2v) is 3.42. The summed E-state index contributed by atoms with van der Waals surface area (Å²) < 4.78 is 0. The van der Waals surface area contributed by atoms with Crippen LogP contribution in [0.15, 0.2) is 0 Å². The van der Waals surface area contributed by atoms with Crippen molar-refractivity contribution in [3.8, 4) is 0 Å². The largest absolute Gasteiger partial charge is 0.104 e. The van der Waals surface area contributed by atoms with Gasteiger partial charge in [-0.15, -0.1) is 8.20 Å². The molecular weight excluding hydrogens is 107 g/mol. The van der Waals surface area contributed by atoms with Crippen molar-refractivity contribution in [1.82, 2.24) is 0 Å². The molecule has 0 spiro atoms. The van der Waals surface area contributed by atoms with Crippen molar-refractivity contribution in [2.45, 2.75) is 6.42 Å². The van der Waals surface area contributed by atoms with Gasteiger partial charge in [-0.2, -0.15) is 0 Å². The summed E-state index contributed by atoms with van der Waals surface area (Å²) in [5.41, 5.74) is 0. The number of rotatable bonds is 0. The van der Waals surface area contributed by atoms with E-state index in [0.717, 1.165) is 0 Å². The lowest BCUT2D eigenvalue weighted by atomic mass is 10.4. The molecule has 0 nitrogen and oxygen atoms in total. The summed E-state index contributed by atoms with van der Waals surface area (Å²) >= 11 is 0. The summed E-state index contributed by atoms with van der Waals surface area (Å²) in [7, 11) is 3.55. The van der Waals surface area contributed by atoms with Crippen LogP contribution < -0.4 is 0 Å². The molecule has 0 N–H and O–H groups in total. The van der Waals surface area contributed by atoms with Crippen molar-refractivity contribution < 1.29 is 0 Å². The average Bonchev–Trinajstić information content (AvgIpc) is 1.86. The highest BCUT2D eigenvalue weighted by atomic mass is 31.1. The standard InChI is InChI=1S/C4H7PSi/c6-4-1-2-5-3-4/h3H,1-2,6H2. The molecule has 1 rings (SSSR count). The van der Waals surface area contributed by atoms with Gasteiger partial charge in [0.1, 0.15) is 0 Å². The van der Waals surface area contributed by atoms with Gasteiger partial charge in [0.05, 0.1) is 0 Å². The molecule has 0 fully saturated rings. The van der Waals surface area contributed by atoms with E-state index in [1.807, 2.05) is 9.85 Å². The van der Waals surface area contributed by atoms with E-state index < -0.39 is 0 Å². The van der Waals surface area contributed by atoms with Gasteiger partial charge in [0.25, 0.3) is 0 Å². The van der Waals surface area contributed by atoms with Gasteiger partial charge < -0.3 is 0 Å². The van der Waals surface area contributed by atoms with Crippen molar-refractivity contribution in [2.24, 2.45) is 0 Å². The molecule has 0 aliphatic carbocycles. The maximum atomic E-state index is 2.30. The smallest absolute Gasteiger partial charge is 0.00699 e. The molecule has 0 aromatic rings. The Morgan fingerprint density at radius 3 is 2.83 bits per heavy atom. The van der Waals surface area contributed by atoms with E-state index >= 15 is 0 Å². The van der Waals surface area contributed by atoms with Crippen LogP contribution in [-0.2, 0) is 0 Å². The Morgan fingerprint density at radius 1 is 1.83 bits per heavy atom. The third-order valence-corrected chi connectivity index (χ3v) is 2.77. The maximum Gasteiger partial charge on any atom is -0.00699 e. The molecule has 0 aromatic carbocycles. The molecule has 2 heteroatoms. The van der Waals surface area contributed by atoms with E-state index in [9.17, 15) is 0 Å². The summed E-state index contributed by atoms with van der Waals surface area (Å²) in [6.45, 7) is 0. The van der Waals surface area contributed by atoms with Gasteiger partial charge in [0.2, 0.25) is 0 Å². The Balaban J connectivity index is 2.59. The Labute approximate surface area is 42.4 Å². The molecule has 1 heterocycles. The molecule has 32 valence electrons. The van der Waals surface area contributed by atoms with E-state index in [2.05, 4.69) is 5.80 Å². The molecule has 0 atom stereocenters. The molecule has 0 saturated carbocycles. The Kier molecular flexibility index (Phi) is 1.33. The van der Waals surface area contributed by atoms with Crippen LogP contribution >= 0.6 is 8.20 Å². The summed E-state index contributed by atoms with van der Waals surface area (Å²) in [4.78, 5) is 0. The molecule has 0 aromatic heterocycles. The summed E-state index contributed by atoms with van der Waals surface area (Å²) in [5, 5.41) is 1.59. The first-order valence-corrected chi connectivity index (χ1v) is 3.93. The second kappa shape index (κ2) is 1.81. The number of hydrogen-bond acceptors (Lipinski definition) is 0. The lowest BCUT2D eigenvalue weighted by Gasteiger charge is -1.78. The zero-order valence-corrected chi connectivity index (χ0v) is 5.95. The van der Waals surface area contributed by atoms with Gasteiger partial charge in [-0.25, -0.2) is 0 Å². The zero-order chi connectivity index (χ0) is 4.41. The van der Waals surface area contributed by atoms with Crippen LogP contribution in [-0.4, -0.2) is 27.0 Å². The second-order valence-electron chi connectivity index (χ2n) is 1.44. The fourth-order valence-corrected chi connectivity index (χ4v) is 2.26. The van der Waals surface area contributed by atoms with Crippen LogP contribution in [0.2, 0.25) is 0 Å². The quantitative estimate of drug-likeness (QED) is 0.306. The minimum atomic E-state index is 1.35. The minimum absolute atomic E-state index is 1.35. The van der Waals surface area contributed by atoms with Crippen LogP contribution in [0.4, 0.5) is 0 Å². The highest BCUT2D eigenvalue weighted by molar-refractivity contribution is 7.43. The SMILES string of the molecule is [SiH2]=C1C=PCC1. The molecule has 0 unspecified atom stereocenters. The van der Waals surface area contributed by atoms with Crippen molar-refractivity contribution in [3.63, 3.8) is 0 Å². The topological polar surface area (TPSA) is 0 Å². The lowest BCUT2D eigenvalue weighted by Crippen LogP contribution is -1.90. The first-order chi connectivity index (χ1) is 2.89. The Morgan fingerprint density at radius 2 is 2.67 bits per heavy atom. The first-order valence-electron chi connectivity index (χ1n) is 2.07. The van der Waals surface area contributed by atoms with E-state index in [0.29, 0.717) is 0 Å². The molecule has 1 aliphatic heterocycles. The fourth-order valence-electron chi connectivity index (χ4n) is 0.466. The normalized spacial score (nSPS) is 22.3. The third kappa shape index (κ3) is 0.857. The highest BCUT2D eigenvalue weighted by Gasteiger charge is 1.92. The minimum Gasteiger partial charge on any atom is -0.104 e. The molecule has 1 aliphatic rings. The van der Waals surface area contributed by atoms with Gasteiger partial charge >= 0.3 is 0 Å². The summed E-state index contributed by atoms with van der Waals surface area (Å²) in [5.74, 6) is 2.30. The Hall–Kier alpha value is 0.257. The predicted molar refractivity (Wildman–Crippen MR) is 36.0 cm³/mol. The summed E-state index contributed by atoms with van der Waals surface area (Å²) in [6, 6.07) is 0. The highest BCUT2D eigenvalue weighted by Crippen LogP contribution is 2.04. The van der Waals surface area contributed by atoms with Gasteiger partial charge in [0, 0.05) is 0 Å². The predicted octanol–water partition coefficient (Wildman–Crippen LogP) is -0.0560. The van der Waals surface area contributed by atoms with Crippen molar-refractivity contribution in [3.05, 3.63) is 0 Å². The van der Waals surface area contributed by atoms with Crippen LogP contribution in [0.5, 0.6) is 0 Å². The van der Waals surface area contributed by atoms with Gasteiger partial charge in [-0.3, -0.25) is 0 Å². The molecule has 6 heavy (non-hydrogen) atoms. The van der Waals surface area contributed by atoms with E-state index in [4.69, 9.17) is 0 Å². The number of hydrogen-bond donors (Lipinski definition) is 0. The maximum absolute atomic E-state index is 2.30. The van der Waals surface area contributed by atoms with Gasteiger partial charge in [-0.05, 0) is 28.2 Å². The van der Waals surface area contributed by atoms with Crippen LogP contribution in [0.1, 0.15) is 6.42 Å². The molecule has 0 radical (unpaired) electrons. The monoisotopic (exact) mass is 114 g/mol. The molecule has 0 bridgehead atoms. The van der Waals surface area contributed by atoms with Crippen LogP contribution in [0, 0.1) is 0 Å². The van der Waals surface area contributed by atoms with Gasteiger partial charge in [-0.1, -0.05) is 5.17 Å². The average molecular weight is 114 g/mol. The first kappa shape index (κ1) is 4.42. The lowest BCUT2D eigenvalue weighted by molar-refractivity contribution is 1.37. The van der Waals surface area contributed by atoms with Crippen LogP contribution in [0.3, 0.4) is 0 Å². The molecular formula is C4H7PSi. The zero-order valence-electron chi connectivity index (χ0n) is 3.65. The van der Waals surface area contributed by atoms with E-state index in [-0.39, 0.29) is 0 Å². The van der Waals surface area contributed by atoms with Crippen LogP contribution in [0.25, 0.3) is 0 Å². The fraction of sp³-hybridized carbons (Fsp3) is 0.500. The van der Waals surface area contributed by atoms with Crippen molar-refractivity contribution >= 4 is 29.0 Å². The van der Waals surface area contributed by atoms with E-state index in [1.165, 1.54) is 20.8 Å². The third-order valence-electron chi connectivity index (χ3n) is 0.836. The van der Waals surface area contributed by atoms with Crippen molar-refractivity contribution in [1.29, 1.82) is 0 Å². The molecule has 0 amide bonds. The van der Waals surface area contributed by atoms with Gasteiger partial charge in [0.15, 0.2) is 0 Å². The van der Waals surface area contributed by atoms with Crippen molar-refractivity contribution in [2.75, 3.05) is 6.16 Å². The Bertz CT molecular complexity index is 95.7. The molecule has 0 saturated heterocycles. The summed E-state index contributed by atoms with van der Waals surface area (Å²) in [6.07, 6.45) is 2.72. The van der Waals surface area contributed by atoms with E-state index in [1.54, 1.807) is 5.17 Å².